The number of aromatic nitrogens is 2. The van der Waals surface area contributed by atoms with Crippen molar-refractivity contribution in [3.8, 4) is 0 Å². The van der Waals surface area contributed by atoms with E-state index in [0.717, 1.165) is 23.3 Å². The first-order valence-electron chi connectivity index (χ1n) is 5.77. The van der Waals surface area contributed by atoms with Gasteiger partial charge in [0.15, 0.2) is 0 Å². The summed E-state index contributed by atoms with van der Waals surface area (Å²) < 4.78 is 16.7. The van der Waals surface area contributed by atoms with Crippen molar-refractivity contribution in [1.29, 1.82) is 0 Å². The van der Waals surface area contributed by atoms with Gasteiger partial charge in [-0.25, -0.2) is 4.98 Å². The maximum absolute atomic E-state index is 11.8. The molecule has 0 spiro atoms. The molecule has 98 valence electrons. The molecule has 0 saturated carbocycles. The maximum atomic E-state index is 11.8. The molecule has 1 atom stereocenters. The summed E-state index contributed by atoms with van der Waals surface area (Å²) in [4.78, 5) is 7.53. The number of fused-ring (bicyclic) bond motifs is 1. The van der Waals surface area contributed by atoms with Gasteiger partial charge in [0, 0.05) is 36.0 Å². The van der Waals surface area contributed by atoms with Crippen molar-refractivity contribution in [1.82, 2.24) is 9.97 Å². The smallest absolute Gasteiger partial charge is 0.119 e. The van der Waals surface area contributed by atoms with Crippen molar-refractivity contribution < 1.29 is 8.95 Å². The Kier molecular flexibility index (Phi) is 4.33. The Morgan fingerprint density at radius 2 is 2.33 bits per heavy atom. The van der Waals surface area contributed by atoms with E-state index >= 15 is 0 Å². The summed E-state index contributed by atoms with van der Waals surface area (Å²) in [6, 6.07) is 5.50. The summed E-state index contributed by atoms with van der Waals surface area (Å²) in [6.45, 7) is 0.641. The Morgan fingerprint density at radius 3 is 3.11 bits per heavy atom. The molecule has 3 N–H and O–H groups in total. The van der Waals surface area contributed by atoms with Crippen molar-refractivity contribution in [3.63, 3.8) is 0 Å². The van der Waals surface area contributed by atoms with Gasteiger partial charge in [-0.05, 0) is 24.6 Å². The third kappa shape index (κ3) is 3.30. The standard InChI is InChI=1S/C12H17N3O2S/c1-17-5-2-6-18(16)8-12-14-10-4-3-9(13)7-11(10)15-12/h3-4,7H,2,5-6,8,13H2,1H3,(H,14,15). The number of aromatic amines is 1. The highest BCUT2D eigenvalue weighted by Gasteiger charge is 2.07. The predicted molar refractivity (Wildman–Crippen MR) is 73.7 cm³/mol. The summed E-state index contributed by atoms with van der Waals surface area (Å²) in [6.07, 6.45) is 0.802. The third-order valence-corrected chi connectivity index (χ3v) is 3.91. The zero-order chi connectivity index (χ0) is 13.0. The fourth-order valence-corrected chi connectivity index (χ4v) is 2.76. The molecule has 1 aromatic heterocycles. The number of rotatable bonds is 6. The van der Waals surface area contributed by atoms with Crippen LogP contribution in [-0.4, -0.2) is 33.6 Å². The number of ether oxygens (including phenoxy) is 1. The molecule has 0 bridgehead atoms. The summed E-state index contributed by atoms with van der Waals surface area (Å²) in [5.74, 6) is 1.82. The summed E-state index contributed by atoms with van der Waals surface area (Å²) in [7, 11) is 0.736. The SMILES string of the molecule is COCCCS(=O)Cc1nc2ccc(N)cc2[nH]1. The van der Waals surface area contributed by atoms with E-state index in [4.69, 9.17) is 10.5 Å². The molecular weight excluding hydrogens is 250 g/mol. The van der Waals surface area contributed by atoms with E-state index in [1.165, 1.54) is 0 Å². The van der Waals surface area contributed by atoms with E-state index in [2.05, 4.69) is 9.97 Å². The van der Waals surface area contributed by atoms with Crippen LogP contribution in [0.5, 0.6) is 0 Å². The third-order valence-electron chi connectivity index (χ3n) is 2.57. The van der Waals surface area contributed by atoms with Crippen LogP contribution in [0.3, 0.4) is 0 Å². The predicted octanol–water partition coefficient (Wildman–Crippen LogP) is 1.43. The van der Waals surface area contributed by atoms with E-state index in [9.17, 15) is 4.21 Å². The van der Waals surface area contributed by atoms with Crippen molar-refractivity contribution in [2.24, 2.45) is 0 Å². The molecule has 0 fully saturated rings. The number of methoxy groups -OCH3 is 1. The van der Waals surface area contributed by atoms with E-state index in [-0.39, 0.29) is 0 Å². The lowest BCUT2D eigenvalue weighted by Crippen LogP contribution is -2.04. The van der Waals surface area contributed by atoms with Gasteiger partial charge in [-0.3, -0.25) is 4.21 Å². The number of nitrogens with one attached hydrogen (secondary N) is 1. The number of benzene rings is 1. The molecule has 0 amide bonds. The Labute approximate surface area is 108 Å². The fourth-order valence-electron chi connectivity index (χ4n) is 1.74. The number of nitrogens with two attached hydrogens (primary N) is 1. The first-order chi connectivity index (χ1) is 8.69. The van der Waals surface area contributed by atoms with E-state index in [0.29, 0.717) is 23.8 Å². The normalized spacial score (nSPS) is 12.9. The summed E-state index contributed by atoms with van der Waals surface area (Å²) >= 11 is 0. The lowest BCUT2D eigenvalue weighted by Gasteiger charge is -1.99. The Balaban J connectivity index is 2.01. The lowest BCUT2D eigenvalue weighted by molar-refractivity contribution is 0.200. The monoisotopic (exact) mass is 267 g/mol. The molecular formula is C12H17N3O2S. The molecule has 0 saturated heterocycles. The molecule has 1 heterocycles. The van der Waals surface area contributed by atoms with Crippen LogP contribution in [0.1, 0.15) is 12.2 Å². The quantitative estimate of drug-likeness (QED) is 0.613. The molecule has 2 aromatic rings. The van der Waals surface area contributed by atoms with Crippen LogP contribution in [0.15, 0.2) is 18.2 Å². The molecule has 0 aliphatic heterocycles. The molecule has 5 nitrogen and oxygen atoms in total. The first-order valence-corrected chi connectivity index (χ1v) is 7.26. The van der Waals surface area contributed by atoms with Crippen molar-refractivity contribution in [2.45, 2.75) is 12.2 Å². The summed E-state index contributed by atoms with van der Waals surface area (Å²) in [5.41, 5.74) is 8.13. The highest BCUT2D eigenvalue weighted by molar-refractivity contribution is 7.84. The molecule has 18 heavy (non-hydrogen) atoms. The molecule has 1 aromatic carbocycles. The van der Waals surface area contributed by atoms with Gasteiger partial charge in [-0.1, -0.05) is 0 Å². The Bertz CT molecular complexity index is 553. The van der Waals surface area contributed by atoms with Crippen molar-refractivity contribution in [2.75, 3.05) is 25.2 Å². The number of nitrogen functional groups attached to an aromatic ring is 1. The zero-order valence-electron chi connectivity index (χ0n) is 10.3. The van der Waals surface area contributed by atoms with Crippen LogP contribution in [0.4, 0.5) is 5.69 Å². The zero-order valence-corrected chi connectivity index (χ0v) is 11.1. The van der Waals surface area contributed by atoms with Crippen molar-refractivity contribution in [3.05, 3.63) is 24.0 Å². The number of imidazole rings is 1. The van der Waals surface area contributed by atoms with Crippen LogP contribution in [0.2, 0.25) is 0 Å². The fraction of sp³-hybridized carbons (Fsp3) is 0.417. The largest absolute Gasteiger partial charge is 0.399 e. The van der Waals surface area contributed by atoms with Crippen LogP contribution in [0.25, 0.3) is 11.0 Å². The lowest BCUT2D eigenvalue weighted by atomic mass is 10.3. The van der Waals surface area contributed by atoms with E-state index < -0.39 is 10.8 Å². The van der Waals surface area contributed by atoms with Gasteiger partial charge in [-0.15, -0.1) is 0 Å². The molecule has 6 heteroatoms. The second-order valence-corrected chi connectivity index (χ2v) is 5.67. The second kappa shape index (κ2) is 5.97. The average molecular weight is 267 g/mol. The maximum Gasteiger partial charge on any atom is 0.119 e. The average Bonchev–Trinajstić information content (AvgIpc) is 2.70. The Hall–Kier alpha value is -1.40. The van der Waals surface area contributed by atoms with Crippen LogP contribution < -0.4 is 5.73 Å². The van der Waals surface area contributed by atoms with Crippen LogP contribution >= 0.6 is 0 Å². The van der Waals surface area contributed by atoms with Gasteiger partial charge in [0.25, 0.3) is 0 Å². The molecule has 2 rings (SSSR count). The number of H-pyrrole nitrogens is 1. The minimum atomic E-state index is -0.910. The number of nitrogens with zero attached hydrogens (tertiary/aromatic N) is 1. The molecule has 1 unspecified atom stereocenters. The molecule has 0 aliphatic rings. The van der Waals surface area contributed by atoms with Gasteiger partial charge in [-0.2, -0.15) is 0 Å². The van der Waals surface area contributed by atoms with Gasteiger partial charge in [0.1, 0.15) is 5.82 Å². The van der Waals surface area contributed by atoms with Gasteiger partial charge >= 0.3 is 0 Å². The number of anilines is 1. The van der Waals surface area contributed by atoms with Crippen molar-refractivity contribution >= 4 is 27.5 Å². The van der Waals surface area contributed by atoms with Gasteiger partial charge in [0.05, 0.1) is 16.8 Å². The number of hydrogen-bond acceptors (Lipinski definition) is 4. The topological polar surface area (TPSA) is 81.0 Å². The number of hydrogen-bond donors (Lipinski definition) is 2. The van der Waals surface area contributed by atoms with Gasteiger partial charge in [0.2, 0.25) is 0 Å². The van der Waals surface area contributed by atoms with Crippen LogP contribution in [0, 0.1) is 0 Å². The first kappa shape index (κ1) is 13.0. The van der Waals surface area contributed by atoms with E-state index in [1.54, 1.807) is 7.11 Å². The highest BCUT2D eigenvalue weighted by Crippen LogP contribution is 2.15. The summed E-state index contributed by atoms with van der Waals surface area (Å²) in [5, 5.41) is 0. The minimum Gasteiger partial charge on any atom is -0.399 e. The van der Waals surface area contributed by atoms with Crippen LogP contribution in [-0.2, 0) is 21.3 Å². The minimum absolute atomic E-state index is 0.443. The highest BCUT2D eigenvalue weighted by atomic mass is 32.2. The van der Waals surface area contributed by atoms with Gasteiger partial charge < -0.3 is 15.5 Å². The van der Waals surface area contributed by atoms with E-state index in [1.807, 2.05) is 18.2 Å². The molecule has 0 radical (unpaired) electrons. The molecule has 0 aliphatic carbocycles. The second-order valence-electron chi connectivity index (χ2n) is 4.09. The Morgan fingerprint density at radius 1 is 1.50 bits per heavy atom.